The van der Waals surface area contributed by atoms with Gasteiger partial charge in [-0.25, -0.2) is 4.98 Å². The van der Waals surface area contributed by atoms with E-state index in [1.165, 1.54) is 32.1 Å². The van der Waals surface area contributed by atoms with Gasteiger partial charge in [0.05, 0.1) is 6.61 Å². The Morgan fingerprint density at radius 1 is 1.47 bits per heavy atom. The highest BCUT2D eigenvalue weighted by Gasteiger charge is 2.26. The molecule has 0 amide bonds. The van der Waals surface area contributed by atoms with Crippen LogP contribution in [0.2, 0.25) is 0 Å². The molecule has 4 nitrogen and oxygen atoms in total. The molecule has 2 rings (SSSR count). The molecule has 1 fully saturated rings. The van der Waals surface area contributed by atoms with Gasteiger partial charge in [0.1, 0.15) is 11.7 Å². The molecule has 1 aromatic rings. The van der Waals surface area contributed by atoms with Gasteiger partial charge in [0.15, 0.2) is 0 Å². The molecular formula is C15H24N2O2. The lowest BCUT2D eigenvalue weighted by Crippen LogP contribution is -2.22. The number of aromatic nitrogens is 2. The lowest BCUT2D eigenvalue weighted by atomic mass is 9.94. The van der Waals surface area contributed by atoms with Crippen LogP contribution in [0.25, 0.3) is 0 Å². The molecule has 0 aromatic carbocycles. The van der Waals surface area contributed by atoms with Crippen molar-refractivity contribution in [2.45, 2.75) is 64.8 Å². The number of aryl methyl sites for hydroxylation is 1. The topological polar surface area (TPSA) is 44.1 Å². The summed E-state index contributed by atoms with van der Waals surface area (Å²) in [5.41, 5.74) is 1.15. The van der Waals surface area contributed by atoms with Gasteiger partial charge in [-0.05, 0) is 33.6 Å². The van der Waals surface area contributed by atoms with E-state index in [-0.39, 0.29) is 11.9 Å². The Labute approximate surface area is 115 Å². The van der Waals surface area contributed by atoms with Crippen molar-refractivity contribution in [3.8, 4) is 0 Å². The van der Waals surface area contributed by atoms with Gasteiger partial charge in [-0.3, -0.25) is 4.79 Å². The Bertz CT molecular complexity index is 433. The number of carbonyl (C=O) groups excluding carboxylic acids is 1. The number of carbonyl (C=O) groups is 1. The molecule has 106 valence electrons. The van der Waals surface area contributed by atoms with E-state index >= 15 is 0 Å². The smallest absolute Gasteiger partial charge is 0.316 e. The Balaban J connectivity index is 2.23. The van der Waals surface area contributed by atoms with Crippen LogP contribution >= 0.6 is 0 Å². The number of nitrogens with zero attached hydrogens (tertiary/aromatic N) is 2. The molecule has 0 aliphatic heterocycles. The zero-order valence-corrected chi connectivity index (χ0v) is 12.2. The zero-order valence-electron chi connectivity index (χ0n) is 12.2. The number of rotatable bonds is 4. The first-order valence-electron chi connectivity index (χ1n) is 7.35. The number of imidazole rings is 1. The first-order chi connectivity index (χ1) is 9.15. The summed E-state index contributed by atoms with van der Waals surface area (Å²) >= 11 is 0. The van der Waals surface area contributed by atoms with Crippen LogP contribution in [-0.4, -0.2) is 22.1 Å². The predicted molar refractivity (Wildman–Crippen MR) is 74.1 cm³/mol. The van der Waals surface area contributed by atoms with Crippen LogP contribution in [0.15, 0.2) is 6.20 Å². The fraction of sp³-hybridized carbons (Fsp3) is 0.733. The van der Waals surface area contributed by atoms with Crippen LogP contribution in [-0.2, 0) is 9.53 Å². The fourth-order valence-corrected chi connectivity index (χ4v) is 2.97. The summed E-state index contributed by atoms with van der Waals surface area (Å²) in [5, 5.41) is 0. The third-order valence-electron chi connectivity index (χ3n) is 3.98. The maximum atomic E-state index is 11.9. The van der Waals surface area contributed by atoms with Crippen LogP contribution < -0.4 is 0 Å². The van der Waals surface area contributed by atoms with Crippen LogP contribution in [0.4, 0.5) is 0 Å². The van der Waals surface area contributed by atoms with Crippen molar-refractivity contribution < 1.29 is 9.53 Å². The van der Waals surface area contributed by atoms with Gasteiger partial charge in [0.2, 0.25) is 0 Å². The molecule has 1 unspecified atom stereocenters. The monoisotopic (exact) mass is 264 g/mol. The summed E-state index contributed by atoms with van der Waals surface area (Å²) in [6, 6.07) is 0.503. The number of esters is 1. The van der Waals surface area contributed by atoms with Crippen molar-refractivity contribution in [2.75, 3.05) is 6.61 Å². The highest BCUT2D eigenvalue weighted by atomic mass is 16.5. The van der Waals surface area contributed by atoms with E-state index in [0.717, 1.165) is 11.5 Å². The van der Waals surface area contributed by atoms with Gasteiger partial charge >= 0.3 is 5.97 Å². The molecule has 0 N–H and O–H groups in total. The predicted octanol–water partition coefficient (Wildman–Crippen LogP) is 3.36. The minimum absolute atomic E-state index is 0.176. The minimum atomic E-state index is -0.282. The molecule has 1 aliphatic rings. The molecule has 4 heteroatoms. The SMILES string of the molecule is CCOC(=O)C(C)c1ncc(C)n1C1CCCCC1. The maximum Gasteiger partial charge on any atom is 0.316 e. The summed E-state index contributed by atoms with van der Waals surface area (Å²) < 4.78 is 7.38. The van der Waals surface area contributed by atoms with Crippen molar-refractivity contribution in [3.05, 3.63) is 17.7 Å². The minimum Gasteiger partial charge on any atom is -0.465 e. The van der Waals surface area contributed by atoms with Crippen LogP contribution in [0.5, 0.6) is 0 Å². The maximum absolute atomic E-state index is 11.9. The molecule has 1 atom stereocenters. The Morgan fingerprint density at radius 2 is 2.16 bits per heavy atom. The molecule has 0 bridgehead atoms. The number of ether oxygens (including phenoxy) is 1. The van der Waals surface area contributed by atoms with Crippen LogP contribution in [0, 0.1) is 6.92 Å². The summed E-state index contributed by atoms with van der Waals surface area (Å²) in [6.07, 6.45) is 8.14. The third-order valence-corrected chi connectivity index (χ3v) is 3.98. The molecule has 1 aromatic heterocycles. The van der Waals surface area contributed by atoms with Gasteiger partial charge in [-0.1, -0.05) is 19.3 Å². The average Bonchev–Trinajstić information content (AvgIpc) is 2.81. The molecule has 0 radical (unpaired) electrons. The van der Waals surface area contributed by atoms with E-state index in [2.05, 4.69) is 16.5 Å². The molecule has 19 heavy (non-hydrogen) atoms. The van der Waals surface area contributed by atoms with E-state index in [4.69, 9.17) is 4.74 Å². The molecule has 1 heterocycles. The van der Waals surface area contributed by atoms with E-state index < -0.39 is 0 Å². The quantitative estimate of drug-likeness (QED) is 0.783. The van der Waals surface area contributed by atoms with E-state index in [1.807, 2.05) is 20.0 Å². The molecule has 0 saturated heterocycles. The summed E-state index contributed by atoms with van der Waals surface area (Å²) in [5.74, 6) is 0.406. The second-order valence-corrected chi connectivity index (χ2v) is 5.39. The molecular weight excluding hydrogens is 240 g/mol. The molecule has 1 aliphatic carbocycles. The molecule has 0 spiro atoms. The van der Waals surface area contributed by atoms with Crippen molar-refractivity contribution in [1.82, 2.24) is 9.55 Å². The van der Waals surface area contributed by atoms with Crippen LogP contribution in [0.1, 0.15) is 69.4 Å². The highest BCUT2D eigenvalue weighted by molar-refractivity contribution is 5.76. The van der Waals surface area contributed by atoms with Gasteiger partial charge < -0.3 is 9.30 Å². The second-order valence-electron chi connectivity index (χ2n) is 5.39. The number of hydrogen-bond acceptors (Lipinski definition) is 3. The Hall–Kier alpha value is -1.32. The second kappa shape index (κ2) is 6.22. The first-order valence-corrected chi connectivity index (χ1v) is 7.35. The normalized spacial score (nSPS) is 18.3. The van der Waals surface area contributed by atoms with Gasteiger partial charge in [-0.2, -0.15) is 0 Å². The van der Waals surface area contributed by atoms with Crippen molar-refractivity contribution in [1.29, 1.82) is 0 Å². The van der Waals surface area contributed by atoms with Crippen molar-refractivity contribution >= 4 is 5.97 Å². The lowest BCUT2D eigenvalue weighted by Gasteiger charge is -2.27. The summed E-state index contributed by atoms with van der Waals surface area (Å²) in [7, 11) is 0. The van der Waals surface area contributed by atoms with Gasteiger partial charge in [0.25, 0.3) is 0 Å². The van der Waals surface area contributed by atoms with Crippen molar-refractivity contribution in [2.24, 2.45) is 0 Å². The zero-order chi connectivity index (χ0) is 13.8. The fourth-order valence-electron chi connectivity index (χ4n) is 2.97. The molecule has 1 saturated carbocycles. The van der Waals surface area contributed by atoms with Crippen LogP contribution in [0.3, 0.4) is 0 Å². The van der Waals surface area contributed by atoms with E-state index in [9.17, 15) is 4.79 Å². The van der Waals surface area contributed by atoms with Gasteiger partial charge in [0, 0.05) is 17.9 Å². The summed E-state index contributed by atoms with van der Waals surface area (Å²) in [4.78, 5) is 16.4. The standard InChI is InChI=1S/C15H24N2O2/c1-4-19-15(18)12(3)14-16-10-11(2)17(14)13-8-6-5-7-9-13/h10,12-13H,4-9H2,1-3H3. The highest BCUT2D eigenvalue weighted by Crippen LogP contribution is 2.32. The van der Waals surface area contributed by atoms with E-state index in [1.54, 1.807) is 0 Å². The summed E-state index contributed by atoms with van der Waals surface area (Å²) in [6.45, 7) is 6.22. The van der Waals surface area contributed by atoms with E-state index in [0.29, 0.717) is 12.6 Å². The first kappa shape index (κ1) is 14.1. The number of hydrogen-bond donors (Lipinski definition) is 0. The average molecular weight is 264 g/mol. The Morgan fingerprint density at radius 3 is 2.79 bits per heavy atom. The lowest BCUT2D eigenvalue weighted by molar-refractivity contribution is -0.144. The third kappa shape index (κ3) is 2.99. The van der Waals surface area contributed by atoms with Gasteiger partial charge in [-0.15, -0.1) is 0 Å². The largest absolute Gasteiger partial charge is 0.465 e. The Kier molecular flexibility index (Phi) is 4.61. The van der Waals surface area contributed by atoms with Crippen molar-refractivity contribution in [3.63, 3.8) is 0 Å².